The number of benzene rings is 1. The van der Waals surface area contributed by atoms with E-state index >= 15 is 0 Å². The van der Waals surface area contributed by atoms with Gasteiger partial charge in [0.2, 0.25) is 0 Å². The molecule has 0 N–H and O–H groups in total. The van der Waals surface area contributed by atoms with Crippen LogP contribution in [0.3, 0.4) is 0 Å². The van der Waals surface area contributed by atoms with E-state index in [1.54, 1.807) is 20.5 Å². The highest BCUT2D eigenvalue weighted by Gasteiger charge is 2.11. The van der Waals surface area contributed by atoms with Gasteiger partial charge < -0.3 is 13.9 Å². The van der Waals surface area contributed by atoms with Crippen molar-refractivity contribution in [1.29, 1.82) is 0 Å². The van der Waals surface area contributed by atoms with Gasteiger partial charge >= 0.3 is 0 Å². The number of thiol groups is 1. The first-order chi connectivity index (χ1) is 7.76. The maximum absolute atomic E-state index is 5.32. The first-order valence-electron chi connectivity index (χ1n) is 4.75. The highest BCUT2D eigenvalue weighted by atomic mass is 32.1. The van der Waals surface area contributed by atoms with Crippen molar-refractivity contribution in [1.82, 2.24) is 0 Å². The second-order valence-electron chi connectivity index (χ2n) is 3.21. The van der Waals surface area contributed by atoms with Crippen LogP contribution in [-0.4, -0.2) is 14.2 Å². The summed E-state index contributed by atoms with van der Waals surface area (Å²) in [6.45, 7) is 0. The number of rotatable bonds is 3. The highest BCUT2D eigenvalue weighted by molar-refractivity contribution is 7.80. The number of ether oxygens (including phenoxy) is 2. The first kappa shape index (κ1) is 11.0. The Balaban J connectivity index is 2.56. The quantitative estimate of drug-likeness (QED) is 0.830. The van der Waals surface area contributed by atoms with Crippen molar-refractivity contribution in [3.63, 3.8) is 0 Å². The molecule has 1 aromatic carbocycles. The third-order valence-corrected chi connectivity index (χ3v) is 2.73. The van der Waals surface area contributed by atoms with Crippen molar-refractivity contribution in [3.05, 3.63) is 30.5 Å². The molecular formula is C12H12O3S. The number of methoxy groups -OCH3 is 2. The minimum Gasteiger partial charge on any atom is -0.495 e. The van der Waals surface area contributed by atoms with E-state index in [0.717, 1.165) is 11.3 Å². The zero-order valence-electron chi connectivity index (χ0n) is 9.06. The van der Waals surface area contributed by atoms with Crippen molar-refractivity contribution >= 4 is 12.6 Å². The summed E-state index contributed by atoms with van der Waals surface area (Å²) >= 11 is 4.34. The molecule has 0 atom stereocenters. The van der Waals surface area contributed by atoms with Gasteiger partial charge in [0.05, 0.1) is 25.4 Å². The molecule has 3 nitrogen and oxygen atoms in total. The molecule has 0 saturated heterocycles. The molecule has 0 fully saturated rings. The van der Waals surface area contributed by atoms with Gasteiger partial charge in [0.15, 0.2) is 0 Å². The Labute approximate surface area is 99.4 Å². The molecule has 0 aliphatic carbocycles. The molecule has 4 heteroatoms. The lowest BCUT2D eigenvalue weighted by molar-refractivity contribution is 0.377. The zero-order valence-corrected chi connectivity index (χ0v) is 9.95. The molecule has 84 valence electrons. The minimum absolute atomic E-state index is 0.661. The van der Waals surface area contributed by atoms with Crippen LogP contribution in [0.15, 0.2) is 39.8 Å². The SMILES string of the molecule is COc1cc(-c2ccco2)cc(OC)c1S. The summed E-state index contributed by atoms with van der Waals surface area (Å²) in [6, 6.07) is 7.45. The van der Waals surface area contributed by atoms with E-state index in [1.165, 1.54) is 0 Å². The van der Waals surface area contributed by atoms with Gasteiger partial charge in [-0.15, -0.1) is 12.6 Å². The summed E-state index contributed by atoms with van der Waals surface area (Å²) < 4.78 is 15.8. The lowest BCUT2D eigenvalue weighted by Gasteiger charge is -2.10. The third-order valence-electron chi connectivity index (χ3n) is 2.29. The molecule has 0 unspecified atom stereocenters. The topological polar surface area (TPSA) is 31.6 Å². The van der Waals surface area contributed by atoms with Gasteiger partial charge in [-0.3, -0.25) is 0 Å². The molecule has 0 spiro atoms. The van der Waals surface area contributed by atoms with Gasteiger partial charge in [-0.2, -0.15) is 0 Å². The van der Waals surface area contributed by atoms with Gasteiger partial charge in [-0.05, 0) is 24.3 Å². The molecule has 0 aliphatic rings. The van der Waals surface area contributed by atoms with Crippen LogP contribution in [0.25, 0.3) is 11.3 Å². The van der Waals surface area contributed by atoms with E-state index in [9.17, 15) is 0 Å². The fourth-order valence-electron chi connectivity index (χ4n) is 1.48. The van der Waals surface area contributed by atoms with Crippen LogP contribution in [0, 0.1) is 0 Å². The van der Waals surface area contributed by atoms with Crippen LogP contribution in [0.5, 0.6) is 11.5 Å². The molecule has 1 aromatic heterocycles. The molecule has 2 aromatic rings. The van der Waals surface area contributed by atoms with Crippen LogP contribution in [0.2, 0.25) is 0 Å². The molecule has 1 heterocycles. The summed E-state index contributed by atoms with van der Waals surface area (Å²) in [5.74, 6) is 2.09. The van der Waals surface area contributed by atoms with Crippen LogP contribution < -0.4 is 9.47 Å². The summed E-state index contributed by atoms with van der Waals surface area (Å²) in [7, 11) is 3.20. The van der Waals surface area contributed by atoms with E-state index in [4.69, 9.17) is 13.9 Å². The Morgan fingerprint density at radius 2 is 1.75 bits per heavy atom. The fraction of sp³-hybridized carbons (Fsp3) is 0.167. The Hall–Kier alpha value is -1.55. The van der Waals surface area contributed by atoms with E-state index in [0.29, 0.717) is 16.4 Å². The molecule has 0 saturated carbocycles. The Morgan fingerprint density at radius 1 is 1.12 bits per heavy atom. The maximum atomic E-state index is 5.32. The Bertz CT molecular complexity index is 452. The molecule has 0 amide bonds. The zero-order chi connectivity index (χ0) is 11.5. The molecule has 16 heavy (non-hydrogen) atoms. The summed E-state index contributed by atoms with van der Waals surface area (Å²) in [5.41, 5.74) is 0.900. The molecule has 0 radical (unpaired) electrons. The third kappa shape index (κ3) is 1.88. The van der Waals surface area contributed by atoms with Crippen molar-refractivity contribution in [2.24, 2.45) is 0 Å². The smallest absolute Gasteiger partial charge is 0.136 e. The lowest BCUT2D eigenvalue weighted by atomic mass is 10.1. The van der Waals surface area contributed by atoms with Gasteiger partial charge in [0.25, 0.3) is 0 Å². The predicted octanol–water partition coefficient (Wildman–Crippen LogP) is 3.25. The average Bonchev–Trinajstić information content (AvgIpc) is 2.83. The van der Waals surface area contributed by atoms with E-state index in [1.807, 2.05) is 24.3 Å². The van der Waals surface area contributed by atoms with E-state index < -0.39 is 0 Å². The monoisotopic (exact) mass is 236 g/mol. The van der Waals surface area contributed by atoms with Crippen molar-refractivity contribution in [3.8, 4) is 22.8 Å². The van der Waals surface area contributed by atoms with Gasteiger partial charge in [0.1, 0.15) is 17.3 Å². The van der Waals surface area contributed by atoms with Gasteiger partial charge in [-0.1, -0.05) is 0 Å². The predicted molar refractivity (Wildman–Crippen MR) is 64.5 cm³/mol. The van der Waals surface area contributed by atoms with E-state index in [2.05, 4.69) is 12.6 Å². The fourth-order valence-corrected chi connectivity index (χ4v) is 1.79. The number of furan rings is 1. The van der Waals surface area contributed by atoms with Crippen LogP contribution in [-0.2, 0) is 0 Å². The Kier molecular flexibility index (Phi) is 3.10. The molecular weight excluding hydrogens is 224 g/mol. The minimum atomic E-state index is 0.661. The van der Waals surface area contributed by atoms with Crippen LogP contribution in [0.1, 0.15) is 0 Å². The first-order valence-corrected chi connectivity index (χ1v) is 5.20. The van der Waals surface area contributed by atoms with Crippen molar-refractivity contribution in [2.45, 2.75) is 4.90 Å². The lowest BCUT2D eigenvalue weighted by Crippen LogP contribution is -1.91. The van der Waals surface area contributed by atoms with Crippen molar-refractivity contribution < 1.29 is 13.9 Å². The van der Waals surface area contributed by atoms with Crippen molar-refractivity contribution in [2.75, 3.05) is 14.2 Å². The number of hydrogen-bond acceptors (Lipinski definition) is 4. The van der Waals surface area contributed by atoms with E-state index in [-0.39, 0.29) is 0 Å². The highest BCUT2D eigenvalue weighted by Crippen LogP contribution is 2.37. The summed E-state index contributed by atoms with van der Waals surface area (Å²) in [5, 5.41) is 0. The molecule has 0 aliphatic heterocycles. The van der Waals surface area contributed by atoms with Gasteiger partial charge in [-0.25, -0.2) is 0 Å². The summed E-state index contributed by atoms with van der Waals surface area (Å²) in [4.78, 5) is 0.681. The standard InChI is InChI=1S/C12H12O3S/c1-13-10-6-8(9-4-3-5-15-9)7-11(14-2)12(10)16/h3-7,16H,1-2H3. The molecule has 0 bridgehead atoms. The van der Waals surface area contributed by atoms with Crippen LogP contribution in [0.4, 0.5) is 0 Å². The Morgan fingerprint density at radius 3 is 2.19 bits per heavy atom. The number of hydrogen-bond donors (Lipinski definition) is 1. The normalized spacial score (nSPS) is 10.2. The maximum Gasteiger partial charge on any atom is 0.136 e. The second kappa shape index (κ2) is 4.53. The molecule has 2 rings (SSSR count). The summed E-state index contributed by atoms with van der Waals surface area (Å²) in [6.07, 6.45) is 1.63. The second-order valence-corrected chi connectivity index (χ2v) is 3.65. The van der Waals surface area contributed by atoms with Crippen LogP contribution >= 0.6 is 12.6 Å². The average molecular weight is 236 g/mol. The largest absolute Gasteiger partial charge is 0.495 e. The van der Waals surface area contributed by atoms with Gasteiger partial charge in [0, 0.05) is 5.56 Å².